The van der Waals surface area contributed by atoms with Crippen LogP contribution in [0.15, 0.2) is 48.6 Å². The lowest BCUT2D eigenvalue weighted by molar-refractivity contribution is -0.161. The molecule has 0 rings (SSSR count). The normalized spacial score (nSPS) is 14.2. The number of hydrogen-bond acceptors (Lipinski definition) is 15. The molecule has 0 aromatic carbocycles. The Kier molecular flexibility index (Phi) is 69.2. The van der Waals surface area contributed by atoms with Crippen molar-refractivity contribution in [2.45, 2.75) is 386 Å². The Morgan fingerprint density at radius 1 is 0.289 bits per heavy atom. The molecule has 97 heavy (non-hydrogen) atoms. The molecule has 19 heteroatoms. The summed E-state index contributed by atoms with van der Waals surface area (Å²) >= 11 is 0. The van der Waals surface area contributed by atoms with Crippen LogP contribution in [-0.2, 0) is 65.4 Å². The average Bonchev–Trinajstić information content (AvgIpc) is 1.43. The van der Waals surface area contributed by atoms with Crippen molar-refractivity contribution in [2.75, 3.05) is 39.6 Å². The molecule has 0 bridgehead atoms. The zero-order valence-corrected chi connectivity index (χ0v) is 63.8. The van der Waals surface area contributed by atoms with Gasteiger partial charge in [0.05, 0.1) is 26.4 Å². The smallest absolute Gasteiger partial charge is 0.462 e. The number of allylic oxidation sites excluding steroid dienone is 8. The fraction of sp³-hybridized carbons (Fsp3) is 0.846. The van der Waals surface area contributed by atoms with Crippen LogP contribution in [0.1, 0.15) is 368 Å². The molecule has 0 spiro atoms. The molecule has 0 saturated carbocycles. The molecule has 5 atom stereocenters. The van der Waals surface area contributed by atoms with E-state index in [1.165, 1.54) is 167 Å². The highest BCUT2D eigenvalue weighted by molar-refractivity contribution is 7.47. The number of esters is 4. The van der Waals surface area contributed by atoms with E-state index >= 15 is 0 Å². The summed E-state index contributed by atoms with van der Waals surface area (Å²) < 4.78 is 68.5. The van der Waals surface area contributed by atoms with Crippen molar-refractivity contribution in [3.63, 3.8) is 0 Å². The fourth-order valence-electron chi connectivity index (χ4n) is 11.0. The van der Waals surface area contributed by atoms with E-state index in [0.29, 0.717) is 25.7 Å². The molecular formula is C78H144O17P2. The first-order chi connectivity index (χ1) is 47.2. The molecule has 0 aromatic heterocycles. The molecule has 0 aliphatic carbocycles. The van der Waals surface area contributed by atoms with Gasteiger partial charge in [0.2, 0.25) is 0 Å². The minimum absolute atomic E-state index is 0.0834. The van der Waals surface area contributed by atoms with Crippen molar-refractivity contribution < 1.29 is 80.2 Å². The van der Waals surface area contributed by atoms with E-state index in [0.717, 1.165) is 122 Å². The number of carbonyl (C=O) groups is 4. The van der Waals surface area contributed by atoms with Crippen molar-refractivity contribution in [3.05, 3.63) is 48.6 Å². The quantitative estimate of drug-likeness (QED) is 0.0169. The second-order valence-electron chi connectivity index (χ2n) is 26.7. The lowest BCUT2D eigenvalue weighted by atomic mass is 10.0. The second kappa shape index (κ2) is 71.4. The summed E-state index contributed by atoms with van der Waals surface area (Å²) in [5.41, 5.74) is 0. The van der Waals surface area contributed by atoms with E-state index in [9.17, 15) is 43.2 Å². The molecule has 568 valence electrons. The van der Waals surface area contributed by atoms with Gasteiger partial charge in [-0.1, -0.05) is 314 Å². The minimum Gasteiger partial charge on any atom is -0.462 e. The number of hydrogen-bond donors (Lipinski definition) is 3. The van der Waals surface area contributed by atoms with Crippen LogP contribution in [0.25, 0.3) is 0 Å². The number of ether oxygens (including phenoxy) is 4. The third-order valence-electron chi connectivity index (χ3n) is 17.1. The summed E-state index contributed by atoms with van der Waals surface area (Å²) in [7, 11) is -9.94. The first kappa shape index (κ1) is 94.0. The van der Waals surface area contributed by atoms with Crippen molar-refractivity contribution in [3.8, 4) is 0 Å². The number of rotatable bonds is 75. The highest BCUT2D eigenvalue weighted by Gasteiger charge is 2.30. The molecular weight excluding hydrogens is 1270 g/mol. The molecule has 0 amide bonds. The Morgan fingerprint density at radius 2 is 0.495 bits per heavy atom. The van der Waals surface area contributed by atoms with Gasteiger partial charge in [-0.3, -0.25) is 37.3 Å². The molecule has 0 fully saturated rings. The molecule has 0 radical (unpaired) electrons. The van der Waals surface area contributed by atoms with Crippen LogP contribution in [0.5, 0.6) is 0 Å². The van der Waals surface area contributed by atoms with Gasteiger partial charge in [0, 0.05) is 25.7 Å². The van der Waals surface area contributed by atoms with Gasteiger partial charge in [0.15, 0.2) is 12.2 Å². The summed E-state index contributed by atoms with van der Waals surface area (Å²) in [6.45, 7) is 4.87. The van der Waals surface area contributed by atoms with E-state index < -0.39 is 97.5 Å². The Labute approximate surface area is 591 Å². The summed E-state index contributed by atoms with van der Waals surface area (Å²) in [5.74, 6) is -2.17. The van der Waals surface area contributed by atoms with Crippen LogP contribution >= 0.6 is 15.6 Å². The molecule has 17 nitrogen and oxygen atoms in total. The van der Waals surface area contributed by atoms with Crippen LogP contribution in [0, 0.1) is 0 Å². The van der Waals surface area contributed by atoms with E-state index in [2.05, 4.69) is 76.3 Å². The van der Waals surface area contributed by atoms with Gasteiger partial charge in [0.25, 0.3) is 0 Å². The minimum atomic E-state index is -4.97. The molecule has 0 aliphatic heterocycles. The Balaban J connectivity index is 5.32. The standard InChI is InChI=1S/C78H144O17P2/c1-5-9-13-17-21-25-29-32-35-38-41-45-49-53-57-61-65-78(83)95-74(69-89-76(81)63-59-55-51-47-43-39-36-33-30-26-22-18-14-10-6-2)71-93-97(86,87)91-67-72(79)66-90-96(84,85)92-70-73(68-88-75(80)62-58-54-50-46-42-28-24-20-16-12-8-4)94-77(82)64-60-56-52-48-44-40-37-34-31-27-23-19-15-11-7-3/h26-27,30-31,33-34,36-37,72-74,79H,5-25,28-29,32,35,38-71H2,1-4H3,(H,84,85)(H,86,87)/b30-26-,31-27-,36-33-,37-34-/t72-,73+,74+/m0/s1. The number of unbranched alkanes of at least 4 members (excludes halogenated alkanes) is 43. The van der Waals surface area contributed by atoms with Crippen LogP contribution in [0.4, 0.5) is 0 Å². The lowest BCUT2D eigenvalue weighted by Gasteiger charge is -2.21. The maximum Gasteiger partial charge on any atom is 0.472 e. The molecule has 0 heterocycles. The maximum absolute atomic E-state index is 13.1. The van der Waals surface area contributed by atoms with Crippen molar-refractivity contribution in [1.29, 1.82) is 0 Å². The largest absolute Gasteiger partial charge is 0.472 e. The van der Waals surface area contributed by atoms with Crippen molar-refractivity contribution in [1.82, 2.24) is 0 Å². The number of phosphoric ester groups is 2. The second-order valence-corrected chi connectivity index (χ2v) is 29.6. The SMILES string of the molecule is CCCCCC/C=C\C=C/CCCCCCCC(=O)OC[C@H](COP(=O)(O)OC[C@@H](O)COP(=O)(O)OC[C@@H](COC(=O)CCCCCCCCCCCCC)OC(=O)CCCCCCC/C=C\C=C/CCCCCC)OC(=O)CCCCCCCCCCCCCCCCCC. The monoisotopic (exact) mass is 1410 g/mol. The van der Waals surface area contributed by atoms with Crippen LogP contribution in [-0.4, -0.2) is 96.7 Å². The van der Waals surface area contributed by atoms with Gasteiger partial charge < -0.3 is 33.8 Å². The van der Waals surface area contributed by atoms with Crippen LogP contribution < -0.4 is 0 Å². The third-order valence-corrected chi connectivity index (χ3v) is 19.0. The summed E-state index contributed by atoms with van der Waals surface area (Å²) in [4.78, 5) is 72.9. The lowest BCUT2D eigenvalue weighted by Crippen LogP contribution is -2.30. The van der Waals surface area contributed by atoms with Gasteiger partial charge >= 0.3 is 39.5 Å². The highest BCUT2D eigenvalue weighted by Crippen LogP contribution is 2.45. The van der Waals surface area contributed by atoms with Gasteiger partial charge in [-0.05, 0) is 77.0 Å². The number of phosphoric acid groups is 2. The summed E-state index contributed by atoms with van der Waals surface area (Å²) in [6, 6.07) is 0. The Morgan fingerprint density at radius 3 is 0.753 bits per heavy atom. The van der Waals surface area contributed by atoms with E-state index in [4.69, 9.17) is 37.0 Å². The Hall–Kier alpha value is -2.98. The van der Waals surface area contributed by atoms with Crippen LogP contribution in [0.2, 0.25) is 0 Å². The van der Waals surface area contributed by atoms with Gasteiger partial charge in [0.1, 0.15) is 19.3 Å². The van der Waals surface area contributed by atoms with Gasteiger partial charge in [-0.2, -0.15) is 0 Å². The molecule has 3 N–H and O–H groups in total. The highest BCUT2D eigenvalue weighted by atomic mass is 31.2. The zero-order chi connectivity index (χ0) is 71.1. The van der Waals surface area contributed by atoms with Gasteiger partial charge in [-0.25, -0.2) is 9.13 Å². The fourth-order valence-corrected chi connectivity index (χ4v) is 12.6. The molecule has 2 unspecified atom stereocenters. The van der Waals surface area contributed by atoms with E-state index in [-0.39, 0.29) is 25.7 Å². The average molecular weight is 1420 g/mol. The molecule has 0 saturated heterocycles. The van der Waals surface area contributed by atoms with Crippen LogP contribution in [0.3, 0.4) is 0 Å². The number of aliphatic hydroxyl groups excluding tert-OH is 1. The predicted molar refractivity (Wildman–Crippen MR) is 395 cm³/mol. The summed E-state index contributed by atoms with van der Waals surface area (Å²) in [5, 5.41) is 10.6. The van der Waals surface area contributed by atoms with Gasteiger partial charge in [-0.15, -0.1) is 0 Å². The topological polar surface area (TPSA) is 237 Å². The third kappa shape index (κ3) is 71.2. The number of carbonyl (C=O) groups excluding carboxylic acids is 4. The Bertz CT molecular complexity index is 2030. The molecule has 0 aromatic rings. The predicted octanol–water partition coefficient (Wildman–Crippen LogP) is 22.5. The molecule has 0 aliphatic rings. The van der Waals surface area contributed by atoms with Crippen molar-refractivity contribution >= 4 is 39.5 Å². The van der Waals surface area contributed by atoms with Crippen molar-refractivity contribution in [2.24, 2.45) is 0 Å². The number of aliphatic hydroxyl groups is 1. The van der Waals surface area contributed by atoms with E-state index in [1.807, 2.05) is 0 Å². The zero-order valence-electron chi connectivity index (χ0n) is 62.0. The van der Waals surface area contributed by atoms with E-state index in [1.54, 1.807) is 0 Å². The summed E-state index contributed by atoms with van der Waals surface area (Å²) in [6.07, 6.45) is 68.0. The first-order valence-electron chi connectivity index (χ1n) is 39.4. The first-order valence-corrected chi connectivity index (χ1v) is 42.4. The maximum atomic E-state index is 13.1.